The van der Waals surface area contributed by atoms with E-state index in [2.05, 4.69) is 10.3 Å². The molecule has 22 heavy (non-hydrogen) atoms. The molecule has 2 heterocycles. The molecule has 1 aromatic heterocycles. The van der Waals surface area contributed by atoms with Crippen LogP contribution in [-0.2, 0) is 20.7 Å². The number of fused-ring (bicyclic) bond motifs is 3. The lowest BCUT2D eigenvalue weighted by Crippen LogP contribution is -2.24. The molecule has 6 nitrogen and oxygen atoms in total. The zero-order chi connectivity index (χ0) is 15.9. The van der Waals surface area contributed by atoms with Crippen LogP contribution in [0.4, 0.5) is 0 Å². The number of carbonyl (C=O) groups excluding carboxylic acids is 1. The van der Waals surface area contributed by atoms with E-state index < -0.39 is 0 Å². The maximum absolute atomic E-state index is 11.6. The molecular formula is C15H16ClN3O3. The highest BCUT2D eigenvalue weighted by molar-refractivity contribution is 6.32. The minimum absolute atomic E-state index is 0.00868. The number of aromatic nitrogens is 3. The summed E-state index contributed by atoms with van der Waals surface area (Å²) in [6, 6.07) is 5.65. The van der Waals surface area contributed by atoms with Crippen molar-refractivity contribution in [2.24, 2.45) is 0 Å². The Kier molecular flexibility index (Phi) is 3.88. The average Bonchev–Trinajstić information content (AvgIpc) is 2.91. The van der Waals surface area contributed by atoms with Crippen molar-refractivity contribution < 1.29 is 14.3 Å². The number of hydrogen-bond acceptors (Lipinski definition) is 5. The first-order chi connectivity index (χ1) is 10.6. The molecule has 0 amide bonds. The normalized spacial score (nSPS) is 19.5. The molecule has 2 aromatic rings. The molecule has 0 aliphatic carbocycles. The van der Waals surface area contributed by atoms with Crippen LogP contribution in [0, 0.1) is 0 Å². The first-order valence-electron chi connectivity index (χ1n) is 6.91. The minimum atomic E-state index is -0.352. The largest absolute Gasteiger partial charge is 0.469 e. The fraction of sp³-hybridized carbons (Fsp3) is 0.400. The average molecular weight is 322 g/mol. The molecule has 0 unspecified atom stereocenters. The monoisotopic (exact) mass is 321 g/mol. The highest BCUT2D eigenvalue weighted by atomic mass is 35.5. The summed E-state index contributed by atoms with van der Waals surface area (Å²) in [5, 5.41) is 8.90. The number of esters is 1. The van der Waals surface area contributed by atoms with Crippen LogP contribution in [0.2, 0.25) is 5.02 Å². The topological polar surface area (TPSA) is 66.2 Å². The third kappa shape index (κ3) is 2.19. The van der Waals surface area contributed by atoms with E-state index in [1.807, 2.05) is 19.1 Å². The Morgan fingerprint density at radius 3 is 2.86 bits per heavy atom. The van der Waals surface area contributed by atoms with Crippen molar-refractivity contribution >= 4 is 17.6 Å². The van der Waals surface area contributed by atoms with Crippen molar-refractivity contribution in [1.29, 1.82) is 0 Å². The molecule has 3 rings (SSSR count). The highest BCUT2D eigenvalue weighted by Crippen LogP contribution is 2.44. The van der Waals surface area contributed by atoms with E-state index in [1.165, 1.54) is 7.11 Å². The quantitative estimate of drug-likeness (QED) is 0.812. The third-order valence-corrected chi connectivity index (χ3v) is 4.30. The number of hydrogen-bond donors (Lipinski definition) is 0. The van der Waals surface area contributed by atoms with Gasteiger partial charge in [-0.15, -0.1) is 5.10 Å². The van der Waals surface area contributed by atoms with Gasteiger partial charge in [-0.05, 0) is 6.07 Å². The van der Waals surface area contributed by atoms with Crippen LogP contribution in [0.3, 0.4) is 0 Å². The molecule has 0 bridgehead atoms. The molecule has 0 spiro atoms. The molecule has 0 saturated heterocycles. The number of halogens is 1. The van der Waals surface area contributed by atoms with Gasteiger partial charge in [-0.2, -0.15) is 0 Å². The van der Waals surface area contributed by atoms with Gasteiger partial charge >= 0.3 is 5.97 Å². The van der Waals surface area contributed by atoms with E-state index in [0.29, 0.717) is 10.7 Å². The summed E-state index contributed by atoms with van der Waals surface area (Å²) in [6.45, 7) is 2.02. The number of methoxy groups -OCH3 is 2. The lowest BCUT2D eigenvalue weighted by atomic mass is 9.88. The second-order valence-corrected chi connectivity index (χ2v) is 5.62. The van der Waals surface area contributed by atoms with Gasteiger partial charge < -0.3 is 9.47 Å². The van der Waals surface area contributed by atoms with E-state index in [4.69, 9.17) is 21.1 Å². The van der Waals surface area contributed by atoms with Crippen LogP contribution < -0.4 is 0 Å². The first kappa shape index (κ1) is 15.0. The van der Waals surface area contributed by atoms with Gasteiger partial charge in [0.2, 0.25) is 0 Å². The summed E-state index contributed by atoms with van der Waals surface area (Å²) < 4.78 is 12.1. The van der Waals surface area contributed by atoms with Crippen LogP contribution in [-0.4, -0.2) is 35.2 Å². The molecule has 0 radical (unpaired) electrons. The van der Waals surface area contributed by atoms with Gasteiger partial charge in [0.15, 0.2) is 0 Å². The molecule has 0 fully saturated rings. The number of nitrogens with zero attached hydrogens (tertiary/aromatic N) is 3. The van der Waals surface area contributed by atoms with Crippen molar-refractivity contribution in [3.8, 4) is 5.69 Å². The van der Waals surface area contributed by atoms with E-state index >= 15 is 0 Å². The van der Waals surface area contributed by atoms with E-state index in [1.54, 1.807) is 17.9 Å². The maximum atomic E-state index is 11.6. The zero-order valence-electron chi connectivity index (χ0n) is 12.5. The van der Waals surface area contributed by atoms with E-state index in [9.17, 15) is 4.79 Å². The van der Waals surface area contributed by atoms with Crippen molar-refractivity contribution in [2.45, 2.75) is 25.4 Å². The molecule has 116 valence electrons. The molecule has 0 saturated carbocycles. The Morgan fingerprint density at radius 1 is 1.41 bits per heavy atom. The van der Waals surface area contributed by atoms with Crippen LogP contribution >= 0.6 is 11.6 Å². The van der Waals surface area contributed by atoms with E-state index in [0.717, 1.165) is 16.9 Å². The van der Waals surface area contributed by atoms with Crippen LogP contribution in [0.25, 0.3) is 5.69 Å². The Labute approximate surface area is 133 Å². The molecule has 1 aliphatic rings. The molecule has 7 heteroatoms. The third-order valence-electron chi connectivity index (χ3n) is 3.99. The summed E-state index contributed by atoms with van der Waals surface area (Å²) >= 11 is 6.35. The standard InChI is InChI=1S/C15H16ClN3O3/c1-8-13-11(7-12(20)21-2)17-18-19(13)14-9(15(8)22-3)5-4-6-10(14)16/h4-6,8,15H,7H2,1-3H3/t8-,15+/m0/s1. The fourth-order valence-corrected chi connectivity index (χ4v) is 3.27. The first-order valence-corrected chi connectivity index (χ1v) is 7.29. The summed E-state index contributed by atoms with van der Waals surface area (Å²) in [6.07, 6.45) is -0.0945. The van der Waals surface area contributed by atoms with Crippen molar-refractivity contribution in [1.82, 2.24) is 15.0 Å². The zero-order valence-corrected chi connectivity index (χ0v) is 13.3. The van der Waals surface area contributed by atoms with Gasteiger partial charge in [-0.3, -0.25) is 4.79 Å². The van der Waals surface area contributed by atoms with Gasteiger partial charge in [0, 0.05) is 18.6 Å². The highest BCUT2D eigenvalue weighted by Gasteiger charge is 2.36. The number of para-hydroxylation sites is 1. The van der Waals surface area contributed by atoms with Crippen LogP contribution in [0.15, 0.2) is 18.2 Å². The number of ether oxygens (including phenoxy) is 2. The Balaban J connectivity index is 2.19. The van der Waals surface area contributed by atoms with Gasteiger partial charge in [0.25, 0.3) is 0 Å². The van der Waals surface area contributed by atoms with Crippen LogP contribution in [0.1, 0.15) is 35.9 Å². The Morgan fingerprint density at radius 2 is 2.18 bits per heavy atom. The number of rotatable bonds is 3. The Bertz CT molecular complexity index is 729. The SMILES string of the molecule is COC(=O)Cc1nnn2c1[C@H](C)[C@@H](OC)c1cccc(Cl)c1-2. The predicted molar refractivity (Wildman–Crippen MR) is 80.3 cm³/mol. The van der Waals surface area contributed by atoms with Crippen molar-refractivity contribution in [2.75, 3.05) is 14.2 Å². The second kappa shape index (κ2) is 5.70. The Hall–Kier alpha value is -1.92. The molecular weight excluding hydrogens is 306 g/mol. The lowest BCUT2D eigenvalue weighted by molar-refractivity contribution is -0.139. The molecule has 2 atom stereocenters. The summed E-state index contributed by atoms with van der Waals surface area (Å²) in [4.78, 5) is 11.6. The molecule has 0 N–H and O–H groups in total. The van der Waals surface area contributed by atoms with Crippen molar-refractivity contribution in [3.05, 3.63) is 40.2 Å². The number of carbonyl (C=O) groups is 1. The fourth-order valence-electron chi connectivity index (χ4n) is 3.00. The summed E-state index contributed by atoms with van der Waals surface area (Å²) in [7, 11) is 3.01. The van der Waals surface area contributed by atoms with Gasteiger partial charge in [0.05, 0.1) is 41.7 Å². The van der Waals surface area contributed by atoms with E-state index in [-0.39, 0.29) is 24.4 Å². The summed E-state index contributed by atoms with van der Waals surface area (Å²) in [5.41, 5.74) is 3.14. The van der Waals surface area contributed by atoms with Gasteiger partial charge in [-0.1, -0.05) is 35.9 Å². The molecule has 1 aromatic carbocycles. The second-order valence-electron chi connectivity index (χ2n) is 5.21. The number of benzene rings is 1. The van der Waals surface area contributed by atoms with Gasteiger partial charge in [0.1, 0.15) is 0 Å². The van der Waals surface area contributed by atoms with Gasteiger partial charge in [-0.25, -0.2) is 4.68 Å². The predicted octanol–water partition coefficient (Wildman–Crippen LogP) is 2.44. The van der Waals surface area contributed by atoms with Crippen molar-refractivity contribution in [3.63, 3.8) is 0 Å². The van der Waals surface area contributed by atoms with Crippen LogP contribution in [0.5, 0.6) is 0 Å². The smallest absolute Gasteiger partial charge is 0.311 e. The minimum Gasteiger partial charge on any atom is -0.469 e. The lowest BCUT2D eigenvalue weighted by Gasteiger charge is -2.31. The molecule has 1 aliphatic heterocycles. The summed E-state index contributed by atoms with van der Waals surface area (Å²) in [5.74, 6) is -0.361. The maximum Gasteiger partial charge on any atom is 0.311 e.